The van der Waals surface area contributed by atoms with Gasteiger partial charge < -0.3 is 8.99 Å². The number of nitrogens with zero attached hydrogens (tertiary/aromatic N) is 1. The van der Waals surface area contributed by atoms with E-state index in [2.05, 4.69) is 182 Å². The number of aromatic nitrogens is 1. The molecule has 1 atom stereocenters. The first-order valence-electron chi connectivity index (χ1n) is 16.0. The van der Waals surface area contributed by atoms with E-state index in [9.17, 15) is 0 Å². The van der Waals surface area contributed by atoms with Gasteiger partial charge in [-0.3, -0.25) is 0 Å². The number of hydrogen-bond donors (Lipinski definition) is 0. The Balaban J connectivity index is 1.67. The molecule has 0 spiro atoms. The second kappa shape index (κ2) is 13.7. The summed E-state index contributed by atoms with van der Waals surface area (Å²) in [5.41, 5.74) is 6.08. The maximum atomic E-state index is 7.84. The third-order valence-electron chi connectivity index (χ3n) is 9.10. The molecule has 0 fully saturated rings. The van der Waals surface area contributed by atoms with E-state index in [1.165, 1.54) is 38.1 Å². The van der Waals surface area contributed by atoms with Crippen LogP contribution in [0, 0.1) is 0 Å². The molecule has 5 heteroatoms. The van der Waals surface area contributed by atoms with Gasteiger partial charge in [-0.05, 0) is 63.6 Å². The second-order valence-corrected chi connectivity index (χ2v) is 18.5. The zero-order valence-corrected chi connectivity index (χ0v) is 30.3. The van der Waals surface area contributed by atoms with Crippen LogP contribution in [0.25, 0.3) is 10.9 Å². The molecule has 5 aromatic carbocycles. The first-order valence-corrected chi connectivity index (χ1v) is 19.4. The average Bonchev–Trinajstić information content (AvgIpc) is 3.37. The summed E-state index contributed by atoms with van der Waals surface area (Å²) in [6, 6.07) is 49.8. The molecular weight excluding hydrogens is 666 g/mol. The Kier molecular flexibility index (Phi) is 9.72. The number of fused-ring (bicyclic) bond motifs is 1. The number of benzene rings is 5. The highest BCUT2D eigenvalue weighted by Crippen LogP contribution is 2.44. The van der Waals surface area contributed by atoms with Crippen molar-refractivity contribution in [3.63, 3.8) is 0 Å². The molecule has 46 heavy (non-hydrogen) atoms. The van der Waals surface area contributed by atoms with E-state index in [0.29, 0.717) is 0 Å². The van der Waals surface area contributed by atoms with Gasteiger partial charge in [-0.1, -0.05) is 170 Å². The quantitative estimate of drug-likeness (QED) is 0.102. The third kappa shape index (κ3) is 6.04. The molecule has 0 bridgehead atoms. The van der Waals surface area contributed by atoms with Crippen molar-refractivity contribution >= 4 is 57.1 Å². The number of halogens is 2. The zero-order chi connectivity index (χ0) is 32.3. The van der Waals surface area contributed by atoms with Gasteiger partial charge in [0.15, 0.2) is 0 Å². The molecular formula is C41H41BrClNOSi. The van der Waals surface area contributed by atoms with Crippen molar-refractivity contribution in [3.8, 4) is 0 Å². The van der Waals surface area contributed by atoms with E-state index in [-0.39, 0.29) is 17.2 Å². The minimum atomic E-state index is -2.87. The van der Waals surface area contributed by atoms with E-state index < -0.39 is 8.32 Å². The van der Waals surface area contributed by atoms with Crippen LogP contribution in [-0.4, -0.2) is 18.2 Å². The van der Waals surface area contributed by atoms with E-state index in [1.54, 1.807) is 0 Å². The Morgan fingerprint density at radius 3 is 1.65 bits per heavy atom. The van der Waals surface area contributed by atoms with Crippen LogP contribution in [0.1, 0.15) is 62.2 Å². The van der Waals surface area contributed by atoms with Crippen LogP contribution in [0.5, 0.6) is 0 Å². The first kappa shape index (κ1) is 32.5. The van der Waals surface area contributed by atoms with Crippen molar-refractivity contribution in [1.82, 2.24) is 4.57 Å². The van der Waals surface area contributed by atoms with Gasteiger partial charge in [-0.25, -0.2) is 0 Å². The Labute approximate surface area is 288 Å². The smallest absolute Gasteiger partial charge is 0.261 e. The molecule has 1 heterocycles. The van der Waals surface area contributed by atoms with Gasteiger partial charge in [0, 0.05) is 21.3 Å². The summed E-state index contributed by atoms with van der Waals surface area (Å²) in [6.45, 7) is 9.29. The molecule has 6 rings (SSSR count). The molecule has 0 aliphatic heterocycles. The molecule has 0 amide bonds. The van der Waals surface area contributed by atoms with Crippen molar-refractivity contribution in [3.05, 3.63) is 167 Å². The van der Waals surface area contributed by atoms with Gasteiger partial charge in [0.05, 0.1) is 17.8 Å². The summed E-state index contributed by atoms with van der Waals surface area (Å²) >= 11 is 10.5. The molecule has 1 aromatic heterocycles. The molecule has 0 aliphatic rings. The lowest BCUT2D eigenvalue weighted by Crippen LogP contribution is -2.66. The molecule has 0 saturated heterocycles. The molecule has 0 aliphatic carbocycles. The molecule has 0 saturated carbocycles. The topological polar surface area (TPSA) is 14.2 Å². The van der Waals surface area contributed by atoms with E-state index >= 15 is 0 Å². The summed E-state index contributed by atoms with van der Waals surface area (Å²) in [5.74, 6) is 0. The van der Waals surface area contributed by atoms with Gasteiger partial charge in [-0.15, -0.1) is 0 Å². The minimum Gasteiger partial charge on any atom is -0.399 e. The Morgan fingerprint density at radius 1 is 0.717 bits per heavy atom. The number of rotatable bonds is 10. The van der Waals surface area contributed by atoms with Crippen LogP contribution in [0.2, 0.25) is 10.1 Å². The van der Waals surface area contributed by atoms with Crippen LogP contribution in [0.4, 0.5) is 0 Å². The fourth-order valence-electron chi connectivity index (χ4n) is 7.22. The summed E-state index contributed by atoms with van der Waals surface area (Å²) in [5, 5.41) is 5.14. The van der Waals surface area contributed by atoms with E-state index in [0.717, 1.165) is 22.3 Å². The fourth-order valence-corrected chi connectivity index (χ4v) is 12.4. The molecule has 6 aromatic rings. The summed E-state index contributed by atoms with van der Waals surface area (Å²) < 4.78 is 10.4. The summed E-state index contributed by atoms with van der Waals surface area (Å²) in [6.07, 6.45) is 0.616. The Bertz CT molecular complexity index is 1810. The third-order valence-corrected chi connectivity index (χ3v) is 14.8. The highest BCUT2D eigenvalue weighted by atomic mass is 79.9. The molecule has 0 N–H and O–H groups in total. The van der Waals surface area contributed by atoms with Gasteiger partial charge in [0.25, 0.3) is 8.32 Å². The van der Waals surface area contributed by atoms with Gasteiger partial charge in [-0.2, -0.15) is 0 Å². The SMILES string of the molecule is CC(O[Si](c1ccccc1)(c1ccccc1)C(C)(C)C)c1c(CCBr)c2cc(Cl)ccc2n1C(c1ccccc1)c1ccccc1. The largest absolute Gasteiger partial charge is 0.399 e. The predicted octanol–water partition coefficient (Wildman–Crippen LogP) is 10.5. The molecule has 1 unspecified atom stereocenters. The number of hydrogen-bond acceptors (Lipinski definition) is 1. The predicted molar refractivity (Wildman–Crippen MR) is 202 cm³/mol. The number of aryl methyl sites for hydroxylation is 1. The zero-order valence-electron chi connectivity index (χ0n) is 27.0. The molecule has 2 nitrogen and oxygen atoms in total. The lowest BCUT2D eigenvalue weighted by Gasteiger charge is -2.45. The van der Waals surface area contributed by atoms with E-state index in [4.69, 9.17) is 16.0 Å². The normalized spacial score (nSPS) is 12.9. The first-order chi connectivity index (χ1) is 22.3. The minimum absolute atomic E-state index is 0.0599. The monoisotopic (exact) mass is 705 g/mol. The van der Waals surface area contributed by atoms with Crippen molar-refractivity contribution in [2.75, 3.05) is 5.33 Å². The van der Waals surface area contributed by atoms with Crippen LogP contribution in [-0.2, 0) is 10.8 Å². The Hall–Kier alpha value is -3.41. The van der Waals surface area contributed by atoms with E-state index in [1.807, 2.05) is 6.07 Å². The summed E-state index contributed by atoms with van der Waals surface area (Å²) in [7, 11) is -2.87. The fraction of sp³-hybridized carbons (Fsp3) is 0.220. The van der Waals surface area contributed by atoms with Crippen molar-refractivity contribution in [2.45, 2.75) is 51.3 Å². The van der Waals surface area contributed by atoms with Crippen molar-refractivity contribution in [2.24, 2.45) is 0 Å². The average molecular weight is 707 g/mol. The molecule has 234 valence electrons. The highest BCUT2D eigenvalue weighted by Gasteiger charge is 2.51. The van der Waals surface area contributed by atoms with Gasteiger partial charge >= 0.3 is 0 Å². The van der Waals surface area contributed by atoms with Crippen LogP contribution in [0.3, 0.4) is 0 Å². The van der Waals surface area contributed by atoms with Gasteiger partial charge in [0.1, 0.15) is 0 Å². The van der Waals surface area contributed by atoms with Crippen molar-refractivity contribution in [1.29, 1.82) is 0 Å². The lowest BCUT2D eigenvalue weighted by molar-refractivity contribution is 0.200. The van der Waals surface area contributed by atoms with Crippen molar-refractivity contribution < 1.29 is 4.43 Å². The van der Waals surface area contributed by atoms with Gasteiger partial charge in [0.2, 0.25) is 0 Å². The maximum absolute atomic E-state index is 7.84. The summed E-state index contributed by atoms with van der Waals surface area (Å²) in [4.78, 5) is 0. The van der Waals surface area contributed by atoms with Crippen LogP contribution in [0.15, 0.2) is 140 Å². The molecule has 0 radical (unpaired) electrons. The second-order valence-electron chi connectivity index (χ2n) is 13.0. The maximum Gasteiger partial charge on any atom is 0.261 e. The lowest BCUT2D eigenvalue weighted by atomic mass is 9.97. The number of alkyl halides is 1. The standard InChI is InChI=1S/C41H41BrClNOSi/c1-30(45-46(41(2,3)4,34-21-13-7-14-22-34)35-23-15-8-16-24-35)39-36(27-28-42)37-29-33(43)25-26-38(37)44(39)40(31-17-9-5-10-18-31)32-19-11-6-12-20-32/h5-26,29-30,40H,27-28H2,1-4H3. The Morgan fingerprint density at radius 2 is 1.20 bits per heavy atom. The highest BCUT2D eigenvalue weighted by molar-refractivity contribution is 9.09. The van der Waals surface area contributed by atoms with Crippen LogP contribution < -0.4 is 10.4 Å². The van der Waals surface area contributed by atoms with Crippen LogP contribution >= 0.6 is 27.5 Å².